The normalized spacial score (nSPS) is 10.6. The molecule has 0 amide bonds. The second-order valence-corrected chi connectivity index (χ2v) is 5.06. The lowest BCUT2D eigenvalue weighted by atomic mass is 10.0. The van der Waals surface area contributed by atoms with Crippen molar-refractivity contribution in [2.45, 2.75) is 0 Å². The summed E-state index contributed by atoms with van der Waals surface area (Å²) in [5.41, 5.74) is 2.28. The molecule has 3 rings (SSSR count). The molecule has 7 heteroatoms. The summed E-state index contributed by atoms with van der Waals surface area (Å²) in [7, 11) is 3.10. The van der Waals surface area contributed by atoms with Gasteiger partial charge in [0.15, 0.2) is 23.0 Å². The molecule has 3 aromatic rings. The fraction of sp³-hybridized carbons (Fsp3) is 0.118. The van der Waals surface area contributed by atoms with Crippen LogP contribution in [0.1, 0.15) is 0 Å². The van der Waals surface area contributed by atoms with Gasteiger partial charge < -0.3 is 24.8 Å². The summed E-state index contributed by atoms with van der Waals surface area (Å²) in [5, 5.41) is 36.1. The zero-order valence-corrected chi connectivity index (χ0v) is 13.1. The van der Waals surface area contributed by atoms with Gasteiger partial charge in [-0.15, -0.1) is 0 Å². The molecule has 24 heavy (non-hydrogen) atoms. The van der Waals surface area contributed by atoms with Gasteiger partial charge in [-0.3, -0.25) is 5.10 Å². The van der Waals surface area contributed by atoms with Gasteiger partial charge in [-0.05, 0) is 29.8 Å². The lowest BCUT2D eigenvalue weighted by molar-refractivity contribution is 0.355. The fourth-order valence-corrected chi connectivity index (χ4v) is 2.48. The van der Waals surface area contributed by atoms with E-state index in [1.54, 1.807) is 32.5 Å². The minimum Gasteiger partial charge on any atom is -0.504 e. The molecule has 0 spiro atoms. The number of hydrogen-bond donors (Lipinski definition) is 4. The first-order valence-corrected chi connectivity index (χ1v) is 7.06. The maximum absolute atomic E-state index is 10.1. The van der Waals surface area contributed by atoms with Crippen molar-refractivity contribution >= 4 is 0 Å². The van der Waals surface area contributed by atoms with Gasteiger partial charge in [-0.25, -0.2) is 0 Å². The SMILES string of the molecule is COc1ccc(-c2cn[nH]c2-c2ccc(O)c(O)c2O)cc1OC. The Bertz CT molecular complexity index is 889. The smallest absolute Gasteiger partial charge is 0.200 e. The Morgan fingerprint density at radius 1 is 0.875 bits per heavy atom. The number of phenolic OH excluding ortho intramolecular Hbond substituents is 3. The summed E-state index contributed by atoms with van der Waals surface area (Å²) in [6.07, 6.45) is 1.60. The van der Waals surface area contributed by atoms with Crippen LogP contribution in [0.2, 0.25) is 0 Å². The fourth-order valence-electron chi connectivity index (χ4n) is 2.48. The van der Waals surface area contributed by atoms with E-state index in [1.165, 1.54) is 12.1 Å². The quantitative estimate of drug-likeness (QED) is 0.549. The number of methoxy groups -OCH3 is 2. The van der Waals surface area contributed by atoms with Crippen LogP contribution in [-0.2, 0) is 0 Å². The Morgan fingerprint density at radius 3 is 2.33 bits per heavy atom. The standard InChI is InChI=1S/C17H16N2O5/c1-23-13-6-3-9(7-14(13)24-2)11-8-18-19-15(11)10-4-5-12(20)17(22)16(10)21/h3-8,20-22H,1-2H3,(H,18,19). The van der Waals surface area contributed by atoms with E-state index in [0.29, 0.717) is 28.3 Å². The first-order valence-electron chi connectivity index (χ1n) is 7.06. The maximum atomic E-state index is 10.1. The van der Waals surface area contributed by atoms with Gasteiger partial charge >= 0.3 is 0 Å². The van der Waals surface area contributed by atoms with Crippen molar-refractivity contribution in [2.75, 3.05) is 14.2 Å². The maximum Gasteiger partial charge on any atom is 0.200 e. The summed E-state index contributed by atoms with van der Waals surface area (Å²) in [6.45, 7) is 0. The molecule has 0 radical (unpaired) electrons. The zero-order chi connectivity index (χ0) is 17.3. The van der Waals surface area contributed by atoms with Crippen LogP contribution < -0.4 is 9.47 Å². The van der Waals surface area contributed by atoms with E-state index < -0.39 is 17.2 Å². The molecule has 0 bridgehead atoms. The van der Waals surface area contributed by atoms with Crippen molar-refractivity contribution in [1.29, 1.82) is 0 Å². The Kier molecular flexibility index (Phi) is 3.91. The highest BCUT2D eigenvalue weighted by Gasteiger charge is 2.18. The highest BCUT2D eigenvalue weighted by molar-refractivity contribution is 5.85. The Labute approximate surface area is 137 Å². The van der Waals surface area contributed by atoms with Crippen molar-refractivity contribution in [3.05, 3.63) is 36.5 Å². The van der Waals surface area contributed by atoms with Crippen molar-refractivity contribution in [3.8, 4) is 51.1 Å². The molecule has 4 N–H and O–H groups in total. The lowest BCUT2D eigenvalue weighted by Gasteiger charge is -2.11. The van der Waals surface area contributed by atoms with E-state index in [1.807, 2.05) is 6.07 Å². The lowest BCUT2D eigenvalue weighted by Crippen LogP contribution is -1.91. The van der Waals surface area contributed by atoms with Crippen molar-refractivity contribution in [2.24, 2.45) is 0 Å². The molecule has 0 fully saturated rings. The Morgan fingerprint density at radius 2 is 1.62 bits per heavy atom. The molecule has 7 nitrogen and oxygen atoms in total. The summed E-state index contributed by atoms with van der Waals surface area (Å²) < 4.78 is 10.5. The number of nitrogens with zero attached hydrogens (tertiary/aromatic N) is 1. The number of H-pyrrole nitrogens is 1. The molecule has 0 unspecified atom stereocenters. The molecule has 124 valence electrons. The molecule has 0 saturated heterocycles. The van der Waals surface area contributed by atoms with E-state index >= 15 is 0 Å². The Hall–Kier alpha value is -3.35. The van der Waals surface area contributed by atoms with Crippen LogP contribution in [-0.4, -0.2) is 39.7 Å². The van der Waals surface area contributed by atoms with Gasteiger partial charge in [-0.2, -0.15) is 5.10 Å². The number of rotatable bonds is 4. The van der Waals surface area contributed by atoms with Gasteiger partial charge in [-0.1, -0.05) is 6.07 Å². The third kappa shape index (κ3) is 2.45. The summed E-state index contributed by atoms with van der Waals surface area (Å²) in [5.74, 6) is -0.263. The second-order valence-electron chi connectivity index (χ2n) is 5.06. The van der Waals surface area contributed by atoms with Crippen LogP contribution in [0.4, 0.5) is 0 Å². The highest BCUT2D eigenvalue weighted by Crippen LogP contribution is 2.44. The number of aromatic hydroxyl groups is 3. The van der Waals surface area contributed by atoms with Crippen LogP contribution in [0, 0.1) is 0 Å². The van der Waals surface area contributed by atoms with Gasteiger partial charge in [0.05, 0.1) is 26.1 Å². The van der Waals surface area contributed by atoms with E-state index in [0.717, 1.165) is 5.56 Å². The molecule has 1 aromatic heterocycles. The van der Waals surface area contributed by atoms with Crippen molar-refractivity contribution < 1.29 is 24.8 Å². The summed E-state index contributed by atoms with van der Waals surface area (Å²) in [4.78, 5) is 0. The molecule has 0 aliphatic carbocycles. The highest BCUT2D eigenvalue weighted by atomic mass is 16.5. The van der Waals surface area contributed by atoms with Gasteiger partial charge in [0.1, 0.15) is 0 Å². The van der Waals surface area contributed by atoms with Crippen LogP contribution >= 0.6 is 0 Å². The minimum absolute atomic E-state index is 0.313. The summed E-state index contributed by atoms with van der Waals surface area (Å²) >= 11 is 0. The van der Waals surface area contributed by atoms with Gasteiger partial charge in [0.25, 0.3) is 0 Å². The molecule has 0 aliphatic heterocycles. The van der Waals surface area contributed by atoms with Crippen LogP contribution in [0.5, 0.6) is 28.7 Å². The third-order valence-corrected chi connectivity index (χ3v) is 3.73. The largest absolute Gasteiger partial charge is 0.504 e. The molecule has 0 aliphatic rings. The number of aromatic amines is 1. The minimum atomic E-state index is -0.583. The van der Waals surface area contributed by atoms with Gasteiger partial charge in [0.2, 0.25) is 5.75 Å². The molecule has 2 aromatic carbocycles. The number of phenols is 3. The average molecular weight is 328 g/mol. The molecule has 1 heterocycles. The van der Waals surface area contributed by atoms with Crippen LogP contribution in [0.3, 0.4) is 0 Å². The van der Waals surface area contributed by atoms with E-state index in [9.17, 15) is 15.3 Å². The molecule has 0 atom stereocenters. The monoisotopic (exact) mass is 328 g/mol. The van der Waals surface area contributed by atoms with Crippen LogP contribution in [0.25, 0.3) is 22.4 Å². The van der Waals surface area contributed by atoms with Crippen molar-refractivity contribution in [3.63, 3.8) is 0 Å². The average Bonchev–Trinajstić information content (AvgIpc) is 3.08. The first kappa shape index (κ1) is 15.5. The number of nitrogens with one attached hydrogen (secondary N) is 1. The van der Waals surface area contributed by atoms with Gasteiger partial charge in [0, 0.05) is 11.1 Å². The summed E-state index contributed by atoms with van der Waals surface area (Å²) in [6, 6.07) is 8.16. The topological polar surface area (TPSA) is 108 Å². The second kappa shape index (κ2) is 6.04. The van der Waals surface area contributed by atoms with E-state index in [4.69, 9.17) is 9.47 Å². The number of ether oxygens (including phenoxy) is 2. The van der Waals surface area contributed by atoms with E-state index in [2.05, 4.69) is 10.2 Å². The number of hydrogen-bond acceptors (Lipinski definition) is 6. The molecular formula is C17H16N2O5. The molecule has 0 saturated carbocycles. The first-order chi connectivity index (χ1) is 11.6. The Balaban J connectivity index is 2.14. The number of aromatic nitrogens is 2. The predicted octanol–water partition coefficient (Wildman–Crippen LogP) is 2.88. The van der Waals surface area contributed by atoms with Crippen molar-refractivity contribution in [1.82, 2.24) is 10.2 Å². The number of benzene rings is 2. The van der Waals surface area contributed by atoms with Crippen LogP contribution in [0.15, 0.2) is 36.5 Å². The zero-order valence-electron chi connectivity index (χ0n) is 13.1. The third-order valence-electron chi connectivity index (χ3n) is 3.73. The predicted molar refractivity (Wildman–Crippen MR) is 87.6 cm³/mol. The molecular weight excluding hydrogens is 312 g/mol. The van der Waals surface area contributed by atoms with E-state index in [-0.39, 0.29) is 0 Å².